The molecule has 0 aliphatic carbocycles. The molecule has 1 N–H and O–H groups in total. The molecule has 7 heteroatoms. The highest BCUT2D eigenvalue weighted by Gasteiger charge is 2.02. The van der Waals surface area contributed by atoms with E-state index in [9.17, 15) is 0 Å². The fourth-order valence-electron chi connectivity index (χ4n) is 0.495. The molecule has 0 radical (unpaired) electrons. The number of hydrogen-bond donors (Lipinski definition) is 1. The lowest BCUT2D eigenvalue weighted by Gasteiger charge is -2.01. The van der Waals surface area contributed by atoms with Gasteiger partial charge in [0.25, 0.3) is 0 Å². The lowest BCUT2D eigenvalue weighted by atomic mass is 10.2. The molecule has 0 atom stereocenters. The fourth-order valence-corrected chi connectivity index (χ4v) is 0.495. The van der Waals surface area contributed by atoms with E-state index in [0.29, 0.717) is 19.8 Å². The van der Waals surface area contributed by atoms with Crippen LogP contribution in [0.25, 0.3) is 0 Å². The summed E-state index contributed by atoms with van der Waals surface area (Å²) in [7, 11) is 0. The molecular formula is C10H19N3O4. The molecule has 0 amide bonds. The minimum Gasteiger partial charge on any atom is -0.302 e. The smallest absolute Gasteiger partial charge is 0.148 e. The van der Waals surface area contributed by atoms with E-state index in [4.69, 9.17) is 15.4 Å². The zero-order valence-electron chi connectivity index (χ0n) is 10.4. The summed E-state index contributed by atoms with van der Waals surface area (Å²) in [6, 6.07) is 3.61. The number of nitriles is 2. The molecule has 0 rings (SSSR count). The molecule has 0 saturated heterocycles. The highest BCUT2D eigenvalue weighted by Crippen LogP contribution is 1.86. The van der Waals surface area contributed by atoms with Crippen molar-refractivity contribution in [3.8, 4) is 12.1 Å². The minimum atomic E-state index is -0.619. The van der Waals surface area contributed by atoms with Crippen LogP contribution in [0.4, 0.5) is 0 Å². The van der Waals surface area contributed by atoms with Crippen LogP contribution < -0.4 is 5.48 Å². The third-order valence-corrected chi connectivity index (χ3v) is 1.18. The zero-order chi connectivity index (χ0) is 13.4. The van der Waals surface area contributed by atoms with Crippen molar-refractivity contribution >= 4 is 0 Å². The molecule has 0 bridgehead atoms. The predicted molar refractivity (Wildman–Crippen MR) is 58.7 cm³/mol. The van der Waals surface area contributed by atoms with E-state index in [0.717, 1.165) is 0 Å². The third kappa shape index (κ3) is 17.4. The van der Waals surface area contributed by atoms with Gasteiger partial charge >= 0.3 is 0 Å². The Bertz CT molecular complexity index is 207. The Morgan fingerprint density at radius 1 is 1.00 bits per heavy atom. The van der Waals surface area contributed by atoms with Crippen molar-refractivity contribution in [1.82, 2.24) is 5.48 Å². The Hall–Kier alpha value is -1.22. The maximum atomic E-state index is 8.26. The summed E-state index contributed by atoms with van der Waals surface area (Å²) in [6.07, 6.45) is 0. The Balaban J connectivity index is 0. The van der Waals surface area contributed by atoms with Crippen molar-refractivity contribution in [3.05, 3.63) is 0 Å². The first-order chi connectivity index (χ1) is 8.26. The van der Waals surface area contributed by atoms with E-state index in [1.54, 1.807) is 0 Å². The summed E-state index contributed by atoms with van der Waals surface area (Å²) in [4.78, 5) is 13.4. The molecule has 0 unspecified atom stereocenters. The molecule has 0 aliphatic rings. The summed E-state index contributed by atoms with van der Waals surface area (Å²) in [5.74, 6) is -0.619. The van der Waals surface area contributed by atoms with Gasteiger partial charge in [-0.2, -0.15) is 10.5 Å². The summed E-state index contributed by atoms with van der Waals surface area (Å²) in [5.41, 5.74) is 2.49. The second kappa shape index (κ2) is 17.2. The Kier molecular flexibility index (Phi) is 18.3. The van der Waals surface area contributed by atoms with Crippen LogP contribution in [-0.2, 0) is 19.7 Å². The number of nitrogens with zero attached hydrogens (tertiary/aromatic N) is 2. The first-order valence-corrected chi connectivity index (χ1v) is 5.31. The van der Waals surface area contributed by atoms with Gasteiger partial charge in [-0.1, -0.05) is 5.04 Å². The topological polar surface area (TPSA) is 96.5 Å². The van der Waals surface area contributed by atoms with Crippen LogP contribution in [-0.4, -0.2) is 26.4 Å². The normalized spacial score (nSPS) is 9.06. The molecule has 0 spiro atoms. The van der Waals surface area contributed by atoms with Gasteiger partial charge in [0, 0.05) is 0 Å². The highest BCUT2D eigenvalue weighted by atomic mass is 17.5. The Morgan fingerprint density at radius 3 is 1.88 bits per heavy atom. The van der Waals surface area contributed by atoms with Gasteiger partial charge in [-0.3, -0.25) is 0 Å². The zero-order valence-corrected chi connectivity index (χ0v) is 10.4. The van der Waals surface area contributed by atoms with Gasteiger partial charge < -0.3 is 4.84 Å². The average Bonchev–Trinajstić information content (AvgIpc) is 2.36. The van der Waals surface area contributed by atoms with E-state index in [1.807, 2.05) is 32.9 Å². The third-order valence-electron chi connectivity index (χ3n) is 1.18. The molecule has 0 aromatic rings. The summed E-state index contributed by atoms with van der Waals surface area (Å²) in [6.45, 7) is 7.28. The summed E-state index contributed by atoms with van der Waals surface area (Å²) < 4.78 is 0. The lowest BCUT2D eigenvalue weighted by Crippen LogP contribution is -2.21. The first kappa shape index (κ1) is 18.2. The van der Waals surface area contributed by atoms with Crippen LogP contribution in [0.15, 0.2) is 0 Å². The van der Waals surface area contributed by atoms with E-state index in [2.05, 4.69) is 20.3 Å². The van der Waals surface area contributed by atoms with Gasteiger partial charge in [0.15, 0.2) is 0 Å². The van der Waals surface area contributed by atoms with Crippen LogP contribution in [0, 0.1) is 28.6 Å². The van der Waals surface area contributed by atoms with E-state index in [-0.39, 0.29) is 6.54 Å². The molecule has 7 nitrogen and oxygen atoms in total. The van der Waals surface area contributed by atoms with Gasteiger partial charge in [0.2, 0.25) is 0 Å². The van der Waals surface area contributed by atoms with Gasteiger partial charge in [-0.05, 0) is 20.8 Å². The van der Waals surface area contributed by atoms with E-state index in [1.165, 1.54) is 0 Å². The Labute approximate surface area is 102 Å². The van der Waals surface area contributed by atoms with Crippen LogP contribution in [0.2, 0.25) is 0 Å². The second-order valence-corrected chi connectivity index (χ2v) is 2.47. The van der Waals surface area contributed by atoms with Gasteiger partial charge in [0.05, 0.1) is 38.5 Å². The maximum absolute atomic E-state index is 8.26. The van der Waals surface area contributed by atoms with Crippen molar-refractivity contribution in [1.29, 1.82) is 10.5 Å². The fraction of sp³-hybridized carbons (Fsp3) is 0.800. The van der Waals surface area contributed by atoms with Gasteiger partial charge in [-0.25, -0.2) is 15.3 Å². The quantitative estimate of drug-likeness (QED) is 0.388. The standard InChI is InChI=1S/C6H9N3O.C4H10O3/c1-2-10-9-5-6(3-7)4-8;1-3-5-7-6-4-2/h6,9H,2,5H2,1H3;3-4H2,1-2H3. The van der Waals surface area contributed by atoms with Crippen molar-refractivity contribution in [2.24, 2.45) is 5.92 Å². The number of hydroxylamine groups is 1. The van der Waals surface area contributed by atoms with Crippen LogP contribution in [0.5, 0.6) is 0 Å². The molecule has 0 aromatic carbocycles. The molecule has 0 aliphatic heterocycles. The van der Waals surface area contributed by atoms with Crippen molar-refractivity contribution in [2.45, 2.75) is 20.8 Å². The maximum Gasteiger partial charge on any atom is 0.148 e. The number of nitrogens with one attached hydrogen (secondary N) is 1. The van der Waals surface area contributed by atoms with Crippen molar-refractivity contribution in [3.63, 3.8) is 0 Å². The average molecular weight is 245 g/mol. The largest absolute Gasteiger partial charge is 0.302 e. The van der Waals surface area contributed by atoms with Crippen LogP contribution >= 0.6 is 0 Å². The number of rotatable bonds is 8. The summed E-state index contributed by atoms with van der Waals surface area (Å²) >= 11 is 0. The van der Waals surface area contributed by atoms with Crippen molar-refractivity contribution in [2.75, 3.05) is 26.4 Å². The second-order valence-electron chi connectivity index (χ2n) is 2.47. The molecular weight excluding hydrogens is 226 g/mol. The van der Waals surface area contributed by atoms with Gasteiger partial charge in [0.1, 0.15) is 5.92 Å². The Morgan fingerprint density at radius 2 is 1.53 bits per heavy atom. The molecule has 0 aromatic heterocycles. The first-order valence-electron chi connectivity index (χ1n) is 5.31. The van der Waals surface area contributed by atoms with Crippen molar-refractivity contribution < 1.29 is 19.7 Å². The van der Waals surface area contributed by atoms with Crippen LogP contribution in [0.3, 0.4) is 0 Å². The van der Waals surface area contributed by atoms with E-state index >= 15 is 0 Å². The molecule has 0 fully saturated rings. The molecule has 0 saturated carbocycles. The van der Waals surface area contributed by atoms with E-state index < -0.39 is 5.92 Å². The van der Waals surface area contributed by atoms with Gasteiger partial charge in [-0.15, -0.1) is 0 Å². The molecule has 98 valence electrons. The monoisotopic (exact) mass is 245 g/mol. The summed E-state index contributed by atoms with van der Waals surface area (Å²) in [5, 5.41) is 20.6. The van der Waals surface area contributed by atoms with Crippen LogP contribution in [0.1, 0.15) is 20.8 Å². The highest BCUT2D eigenvalue weighted by molar-refractivity contribution is 4.99. The lowest BCUT2D eigenvalue weighted by molar-refractivity contribution is -0.509. The SMILES string of the molecule is CCONCC(C#N)C#N.CCOOOCC. The minimum absolute atomic E-state index is 0.265. The molecule has 0 heterocycles. The predicted octanol–water partition coefficient (Wildman–Crippen LogP) is 1.10. The number of hydrogen-bond acceptors (Lipinski definition) is 7. The molecule has 17 heavy (non-hydrogen) atoms.